The van der Waals surface area contributed by atoms with Crippen molar-refractivity contribution in [2.24, 2.45) is 17.6 Å². The molecular weight excluding hydrogens is 142 g/mol. The van der Waals surface area contributed by atoms with Gasteiger partial charge < -0.3 is 15.9 Å². The minimum absolute atomic E-state index is 0.118. The number of hydrogen-bond donors (Lipinski definition) is 3. The van der Waals surface area contributed by atoms with Crippen molar-refractivity contribution in [3.8, 4) is 0 Å². The van der Waals surface area contributed by atoms with Crippen LogP contribution in [-0.4, -0.2) is 28.5 Å². The van der Waals surface area contributed by atoms with Gasteiger partial charge in [0, 0.05) is 12.0 Å². The Labute approximate surface area is 66.2 Å². The molecule has 3 aliphatic carbocycles. The van der Waals surface area contributed by atoms with E-state index in [9.17, 15) is 10.2 Å². The van der Waals surface area contributed by atoms with Gasteiger partial charge in [0.25, 0.3) is 0 Å². The fourth-order valence-electron chi connectivity index (χ4n) is 2.53. The van der Waals surface area contributed by atoms with E-state index in [2.05, 4.69) is 0 Å². The summed E-state index contributed by atoms with van der Waals surface area (Å²) in [5.41, 5.74) is 5.80. The molecule has 4 N–H and O–H groups in total. The first-order chi connectivity index (χ1) is 5.20. The summed E-state index contributed by atoms with van der Waals surface area (Å²) in [5.74, 6) is 0.403. The molecule has 0 aromatic rings. The van der Waals surface area contributed by atoms with E-state index in [1.807, 2.05) is 0 Å². The van der Waals surface area contributed by atoms with Crippen LogP contribution in [0.15, 0.2) is 0 Å². The van der Waals surface area contributed by atoms with Gasteiger partial charge in [0.15, 0.2) is 0 Å². The maximum atomic E-state index is 9.51. The van der Waals surface area contributed by atoms with E-state index in [0.717, 1.165) is 19.3 Å². The lowest BCUT2D eigenvalue weighted by Crippen LogP contribution is -2.56. The molecule has 3 rings (SSSR count). The largest absolute Gasteiger partial charge is 0.390 e. The summed E-state index contributed by atoms with van der Waals surface area (Å²) in [6, 6.07) is 0.118. The molecule has 0 saturated heterocycles. The summed E-state index contributed by atoms with van der Waals surface area (Å²) in [7, 11) is 0. The number of aliphatic hydroxyl groups excluding tert-OH is 2. The van der Waals surface area contributed by atoms with Gasteiger partial charge in [-0.15, -0.1) is 0 Å². The first-order valence-electron chi connectivity index (χ1n) is 4.32. The van der Waals surface area contributed by atoms with Crippen molar-refractivity contribution < 1.29 is 10.2 Å². The third-order valence-corrected chi connectivity index (χ3v) is 3.27. The Bertz CT molecular complexity index is 160. The fraction of sp³-hybridized carbons (Fsp3) is 1.00. The molecule has 0 heterocycles. The molecule has 0 aliphatic heterocycles. The summed E-state index contributed by atoms with van der Waals surface area (Å²) in [5, 5.41) is 19.0. The van der Waals surface area contributed by atoms with Crippen molar-refractivity contribution in [1.29, 1.82) is 0 Å². The van der Waals surface area contributed by atoms with E-state index in [1.165, 1.54) is 0 Å². The average Bonchev–Trinajstić information content (AvgIpc) is 1.99. The molecular formula is C8H15NO2. The molecule has 5 atom stereocenters. The third-order valence-electron chi connectivity index (χ3n) is 3.27. The van der Waals surface area contributed by atoms with Crippen LogP contribution in [0.4, 0.5) is 0 Å². The monoisotopic (exact) mass is 157 g/mol. The Balaban J connectivity index is 2.16. The van der Waals surface area contributed by atoms with Crippen LogP contribution in [0.1, 0.15) is 19.3 Å². The Morgan fingerprint density at radius 3 is 2.27 bits per heavy atom. The highest BCUT2D eigenvalue weighted by molar-refractivity contribution is 4.98. The van der Waals surface area contributed by atoms with Crippen molar-refractivity contribution in [3.63, 3.8) is 0 Å². The highest BCUT2D eigenvalue weighted by atomic mass is 16.3. The zero-order chi connectivity index (χ0) is 8.01. The van der Waals surface area contributed by atoms with E-state index in [1.54, 1.807) is 0 Å². The summed E-state index contributed by atoms with van der Waals surface area (Å²) in [6.07, 6.45) is 1.86. The molecule has 0 unspecified atom stereocenters. The van der Waals surface area contributed by atoms with Crippen molar-refractivity contribution >= 4 is 0 Å². The smallest absolute Gasteiger partial charge is 0.0844 e. The van der Waals surface area contributed by atoms with Gasteiger partial charge in [0.2, 0.25) is 0 Å². The van der Waals surface area contributed by atoms with Crippen LogP contribution >= 0.6 is 0 Å². The number of fused-ring (bicyclic) bond motifs is 3. The summed E-state index contributed by atoms with van der Waals surface area (Å²) < 4.78 is 0. The molecule has 3 fully saturated rings. The summed E-state index contributed by atoms with van der Waals surface area (Å²) in [6.45, 7) is 0. The lowest BCUT2D eigenvalue weighted by Gasteiger charge is -2.47. The Kier molecular flexibility index (Phi) is 1.67. The molecule has 64 valence electrons. The quantitative estimate of drug-likeness (QED) is 0.442. The van der Waals surface area contributed by atoms with Crippen molar-refractivity contribution in [1.82, 2.24) is 0 Å². The number of rotatable bonds is 0. The maximum Gasteiger partial charge on any atom is 0.0844 e. The number of hydrogen-bond acceptors (Lipinski definition) is 3. The third kappa shape index (κ3) is 0.991. The van der Waals surface area contributed by atoms with Crippen molar-refractivity contribution in [2.45, 2.75) is 37.5 Å². The second kappa shape index (κ2) is 2.44. The molecule has 3 aliphatic rings. The molecule has 0 aromatic carbocycles. The molecule has 3 saturated carbocycles. The predicted molar refractivity (Wildman–Crippen MR) is 40.8 cm³/mol. The number of nitrogens with two attached hydrogens (primary N) is 1. The molecule has 0 amide bonds. The Morgan fingerprint density at radius 2 is 1.82 bits per heavy atom. The number of aliphatic hydroxyl groups is 2. The summed E-state index contributed by atoms with van der Waals surface area (Å²) >= 11 is 0. The molecule has 3 heteroatoms. The van der Waals surface area contributed by atoms with E-state index >= 15 is 0 Å². The van der Waals surface area contributed by atoms with Crippen molar-refractivity contribution in [3.05, 3.63) is 0 Å². The van der Waals surface area contributed by atoms with Gasteiger partial charge in [-0.3, -0.25) is 0 Å². The van der Waals surface area contributed by atoms with Crippen LogP contribution in [0.5, 0.6) is 0 Å². The Morgan fingerprint density at radius 1 is 1.09 bits per heavy atom. The molecule has 0 spiro atoms. The van der Waals surface area contributed by atoms with E-state index < -0.39 is 12.2 Å². The highest BCUT2D eigenvalue weighted by Crippen LogP contribution is 2.40. The lowest BCUT2D eigenvalue weighted by molar-refractivity contribution is -0.116. The SMILES string of the molecule is N[C@@H]1C[C@H]2CC[C@@H]1[C@H](O)[C@@H]2O. The minimum atomic E-state index is -0.558. The second-order valence-electron chi connectivity index (χ2n) is 3.88. The van der Waals surface area contributed by atoms with Gasteiger partial charge >= 0.3 is 0 Å². The standard InChI is InChI=1S/C8H15NO2/c9-6-3-4-1-2-5(6)8(11)7(4)10/h4-8,10-11H,1-3,9H2/t4-,5+,6-,7-,8+/m1/s1. The van der Waals surface area contributed by atoms with Crippen LogP contribution < -0.4 is 5.73 Å². The molecule has 0 aromatic heterocycles. The zero-order valence-electron chi connectivity index (χ0n) is 6.48. The topological polar surface area (TPSA) is 66.5 Å². The van der Waals surface area contributed by atoms with Crippen LogP contribution in [-0.2, 0) is 0 Å². The fourth-order valence-corrected chi connectivity index (χ4v) is 2.53. The first-order valence-corrected chi connectivity index (χ1v) is 4.32. The normalized spacial score (nSPS) is 56.5. The predicted octanol–water partition coefficient (Wildman–Crippen LogP) is -0.535. The zero-order valence-corrected chi connectivity index (χ0v) is 6.48. The maximum absolute atomic E-state index is 9.51. The van der Waals surface area contributed by atoms with Gasteiger partial charge in [-0.1, -0.05) is 0 Å². The van der Waals surface area contributed by atoms with Crippen LogP contribution in [0.3, 0.4) is 0 Å². The second-order valence-corrected chi connectivity index (χ2v) is 3.88. The molecule has 0 radical (unpaired) electrons. The van der Waals surface area contributed by atoms with E-state index in [-0.39, 0.29) is 17.9 Å². The van der Waals surface area contributed by atoms with Gasteiger partial charge in [0.05, 0.1) is 12.2 Å². The van der Waals surface area contributed by atoms with Crippen LogP contribution in [0.2, 0.25) is 0 Å². The molecule has 2 bridgehead atoms. The van der Waals surface area contributed by atoms with Crippen LogP contribution in [0.25, 0.3) is 0 Å². The first kappa shape index (κ1) is 7.53. The van der Waals surface area contributed by atoms with Gasteiger partial charge in [-0.25, -0.2) is 0 Å². The minimum Gasteiger partial charge on any atom is -0.390 e. The van der Waals surface area contributed by atoms with E-state index in [0.29, 0.717) is 0 Å². The lowest BCUT2D eigenvalue weighted by atomic mass is 9.65. The average molecular weight is 157 g/mol. The Hall–Kier alpha value is -0.120. The van der Waals surface area contributed by atoms with Gasteiger partial charge in [-0.2, -0.15) is 0 Å². The van der Waals surface area contributed by atoms with Crippen molar-refractivity contribution in [2.75, 3.05) is 0 Å². The highest BCUT2D eigenvalue weighted by Gasteiger charge is 2.45. The molecule has 3 nitrogen and oxygen atoms in total. The van der Waals surface area contributed by atoms with Gasteiger partial charge in [-0.05, 0) is 25.2 Å². The van der Waals surface area contributed by atoms with E-state index in [4.69, 9.17) is 5.73 Å². The summed E-state index contributed by atoms with van der Waals surface area (Å²) in [4.78, 5) is 0. The van der Waals surface area contributed by atoms with Gasteiger partial charge in [0.1, 0.15) is 0 Å². The molecule has 11 heavy (non-hydrogen) atoms. The van der Waals surface area contributed by atoms with Crippen LogP contribution in [0, 0.1) is 11.8 Å².